The number of anilines is 3. The van der Waals surface area contributed by atoms with E-state index in [1.807, 2.05) is 6.92 Å². The van der Waals surface area contributed by atoms with Crippen molar-refractivity contribution in [3.63, 3.8) is 0 Å². The van der Waals surface area contributed by atoms with Crippen LogP contribution in [-0.2, 0) is 6.54 Å². The Kier molecular flexibility index (Phi) is 4.12. The van der Waals surface area contributed by atoms with Crippen LogP contribution in [0.4, 0.5) is 22.0 Å². The van der Waals surface area contributed by atoms with E-state index in [1.54, 1.807) is 24.3 Å². The second kappa shape index (κ2) is 5.99. The molecule has 0 bridgehead atoms. The Hall–Kier alpha value is -2.37. The Labute approximate surface area is 111 Å². The van der Waals surface area contributed by atoms with E-state index in [0.29, 0.717) is 23.7 Å². The summed E-state index contributed by atoms with van der Waals surface area (Å²) in [6, 6.07) is 8.33. The molecule has 6 heteroatoms. The van der Waals surface area contributed by atoms with Crippen LogP contribution in [0, 0.1) is 5.82 Å². The molecule has 0 radical (unpaired) electrons. The average molecular weight is 261 g/mol. The van der Waals surface area contributed by atoms with Crippen molar-refractivity contribution in [2.24, 2.45) is 0 Å². The van der Waals surface area contributed by atoms with Crippen molar-refractivity contribution in [2.75, 3.05) is 22.9 Å². The van der Waals surface area contributed by atoms with Crippen LogP contribution in [0.25, 0.3) is 0 Å². The molecule has 0 amide bonds. The quantitative estimate of drug-likeness (QED) is 0.769. The second-order valence-corrected chi connectivity index (χ2v) is 3.97. The number of nitrogen functional groups attached to an aromatic ring is 1. The number of nitrogens with zero attached hydrogens (tertiary/aromatic N) is 2. The van der Waals surface area contributed by atoms with Gasteiger partial charge in [0.2, 0.25) is 5.95 Å². The third-order valence-electron chi connectivity index (χ3n) is 2.52. The Bertz CT molecular complexity index is 558. The molecule has 0 saturated heterocycles. The predicted molar refractivity (Wildman–Crippen MR) is 74.3 cm³/mol. The highest BCUT2D eigenvalue weighted by Gasteiger charge is 2.04. The van der Waals surface area contributed by atoms with Gasteiger partial charge in [-0.15, -0.1) is 0 Å². The molecule has 1 aromatic heterocycles. The number of rotatable bonds is 5. The lowest BCUT2D eigenvalue weighted by molar-refractivity contribution is 0.613. The summed E-state index contributed by atoms with van der Waals surface area (Å²) in [6.45, 7) is 3.04. The van der Waals surface area contributed by atoms with Gasteiger partial charge in [0.1, 0.15) is 17.5 Å². The smallest absolute Gasteiger partial charge is 0.223 e. The van der Waals surface area contributed by atoms with Crippen LogP contribution >= 0.6 is 0 Å². The largest absolute Gasteiger partial charge is 0.370 e. The Morgan fingerprint density at radius 1 is 1.16 bits per heavy atom. The van der Waals surface area contributed by atoms with E-state index in [-0.39, 0.29) is 11.8 Å². The molecule has 0 aliphatic carbocycles. The van der Waals surface area contributed by atoms with Gasteiger partial charge in [0.15, 0.2) is 0 Å². The van der Waals surface area contributed by atoms with Gasteiger partial charge in [0, 0.05) is 24.7 Å². The van der Waals surface area contributed by atoms with Crippen LogP contribution in [0.1, 0.15) is 12.5 Å². The van der Waals surface area contributed by atoms with E-state index in [9.17, 15) is 4.39 Å². The van der Waals surface area contributed by atoms with E-state index >= 15 is 0 Å². The van der Waals surface area contributed by atoms with Gasteiger partial charge in [0.05, 0.1) is 0 Å². The second-order valence-electron chi connectivity index (χ2n) is 3.97. The van der Waals surface area contributed by atoms with Gasteiger partial charge < -0.3 is 16.4 Å². The molecular formula is C13H16FN5. The number of aromatic nitrogens is 2. The van der Waals surface area contributed by atoms with E-state index in [4.69, 9.17) is 5.73 Å². The first kappa shape index (κ1) is 13.1. The highest BCUT2D eigenvalue weighted by molar-refractivity contribution is 5.51. The third-order valence-corrected chi connectivity index (χ3v) is 2.52. The summed E-state index contributed by atoms with van der Waals surface area (Å²) in [5.74, 6) is 1.14. The Balaban J connectivity index is 2.09. The molecule has 5 nitrogen and oxygen atoms in total. The van der Waals surface area contributed by atoms with Crippen LogP contribution in [-0.4, -0.2) is 16.5 Å². The van der Waals surface area contributed by atoms with Crippen molar-refractivity contribution >= 4 is 17.6 Å². The summed E-state index contributed by atoms with van der Waals surface area (Å²) in [4.78, 5) is 8.09. The molecule has 0 spiro atoms. The summed E-state index contributed by atoms with van der Waals surface area (Å²) < 4.78 is 13.5. The number of hydrogen-bond acceptors (Lipinski definition) is 5. The van der Waals surface area contributed by atoms with E-state index < -0.39 is 0 Å². The van der Waals surface area contributed by atoms with Crippen molar-refractivity contribution in [3.8, 4) is 0 Å². The zero-order chi connectivity index (χ0) is 13.7. The molecule has 1 heterocycles. The van der Waals surface area contributed by atoms with Crippen LogP contribution < -0.4 is 16.4 Å². The summed E-state index contributed by atoms with van der Waals surface area (Å²) in [5.41, 5.74) is 6.19. The van der Waals surface area contributed by atoms with Crippen LogP contribution in [0.2, 0.25) is 0 Å². The molecule has 0 atom stereocenters. The minimum atomic E-state index is -0.246. The first-order chi connectivity index (χ1) is 9.19. The van der Waals surface area contributed by atoms with Crippen molar-refractivity contribution in [1.29, 1.82) is 0 Å². The normalized spacial score (nSPS) is 10.2. The van der Waals surface area contributed by atoms with E-state index in [2.05, 4.69) is 20.6 Å². The molecule has 0 aliphatic rings. The van der Waals surface area contributed by atoms with Crippen molar-refractivity contribution < 1.29 is 4.39 Å². The van der Waals surface area contributed by atoms with Crippen LogP contribution in [0.3, 0.4) is 0 Å². The molecule has 4 N–H and O–H groups in total. The van der Waals surface area contributed by atoms with Gasteiger partial charge in [-0.3, -0.25) is 0 Å². The van der Waals surface area contributed by atoms with Gasteiger partial charge in [0.25, 0.3) is 0 Å². The monoisotopic (exact) mass is 261 g/mol. The SMILES string of the molecule is CCNc1cc(NCc2ccccc2F)nc(N)n1. The topological polar surface area (TPSA) is 75.9 Å². The van der Waals surface area contributed by atoms with E-state index in [1.165, 1.54) is 6.07 Å². The van der Waals surface area contributed by atoms with Gasteiger partial charge in [-0.05, 0) is 13.0 Å². The maximum Gasteiger partial charge on any atom is 0.223 e. The fourth-order valence-electron chi connectivity index (χ4n) is 1.66. The highest BCUT2D eigenvalue weighted by Crippen LogP contribution is 2.14. The summed E-state index contributed by atoms with van der Waals surface area (Å²) >= 11 is 0. The Morgan fingerprint density at radius 2 is 1.84 bits per heavy atom. The highest BCUT2D eigenvalue weighted by atomic mass is 19.1. The van der Waals surface area contributed by atoms with Gasteiger partial charge in [-0.2, -0.15) is 9.97 Å². The zero-order valence-corrected chi connectivity index (χ0v) is 10.7. The minimum absolute atomic E-state index is 0.175. The summed E-state index contributed by atoms with van der Waals surface area (Å²) in [5, 5.41) is 6.08. The molecule has 2 aromatic rings. The lowest BCUT2D eigenvalue weighted by Gasteiger charge is -2.09. The van der Waals surface area contributed by atoms with Gasteiger partial charge >= 0.3 is 0 Å². The molecule has 19 heavy (non-hydrogen) atoms. The first-order valence-corrected chi connectivity index (χ1v) is 6.04. The van der Waals surface area contributed by atoms with Crippen LogP contribution in [0.5, 0.6) is 0 Å². The Morgan fingerprint density at radius 3 is 2.53 bits per heavy atom. The molecule has 0 fully saturated rings. The number of halogens is 1. The maximum atomic E-state index is 13.5. The lowest BCUT2D eigenvalue weighted by atomic mass is 10.2. The van der Waals surface area contributed by atoms with E-state index in [0.717, 1.165) is 6.54 Å². The van der Waals surface area contributed by atoms with Gasteiger partial charge in [-0.25, -0.2) is 4.39 Å². The molecule has 100 valence electrons. The first-order valence-electron chi connectivity index (χ1n) is 6.04. The zero-order valence-electron chi connectivity index (χ0n) is 10.7. The van der Waals surface area contributed by atoms with Crippen molar-refractivity contribution in [2.45, 2.75) is 13.5 Å². The lowest BCUT2D eigenvalue weighted by Crippen LogP contribution is -2.08. The number of benzene rings is 1. The minimum Gasteiger partial charge on any atom is -0.370 e. The third kappa shape index (κ3) is 3.54. The number of nitrogens with one attached hydrogen (secondary N) is 2. The molecule has 0 saturated carbocycles. The molecule has 0 aliphatic heterocycles. The van der Waals surface area contributed by atoms with Crippen molar-refractivity contribution in [1.82, 2.24) is 9.97 Å². The fraction of sp³-hybridized carbons (Fsp3) is 0.231. The summed E-state index contributed by atoms with van der Waals surface area (Å²) in [7, 11) is 0. The maximum absolute atomic E-state index is 13.5. The van der Waals surface area contributed by atoms with Crippen LogP contribution in [0.15, 0.2) is 30.3 Å². The number of nitrogens with two attached hydrogens (primary N) is 1. The molecule has 1 aromatic carbocycles. The standard InChI is InChI=1S/C13H16FN5/c1-2-16-11-7-12(19-13(15)18-11)17-8-9-5-3-4-6-10(9)14/h3-7H,2,8H2,1H3,(H4,15,16,17,18,19). The summed E-state index contributed by atoms with van der Waals surface area (Å²) in [6.07, 6.45) is 0. The molecular weight excluding hydrogens is 245 g/mol. The van der Waals surface area contributed by atoms with Gasteiger partial charge in [-0.1, -0.05) is 18.2 Å². The average Bonchev–Trinajstić information content (AvgIpc) is 2.37. The predicted octanol–water partition coefficient (Wildman–Crippen LogP) is 2.24. The molecule has 0 unspecified atom stereocenters. The number of hydrogen-bond donors (Lipinski definition) is 3. The van der Waals surface area contributed by atoms with Crippen molar-refractivity contribution in [3.05, 3.63) is 41.7 Å². The fourth-order valence-corrected chi connectivity index (χ4v) is 1.66. The molecule has 2 rings (SSSR count).